The van der Waals surface area contributed by atoms with Gasteiger partial charge in [0.2, 0.25) is 0 Å². The van der Waals surface area contributed by atoms with Gasteiger partial charge in [0, 0.05) is 26.4 Å². The molecule has 0 spiro atoms. The summed E-state index contributed by atoms with van der Waals surface area (Å²) in [7, 11) is 0.758. The zero-order valence-corrected chi connectivity index (χ0v) is 35.8. The number of unbranched alkanes of at least 4 members (excludes halogenated alkanes) is 24. The van der Waals surface area contributed by atoms with E-state index >= 15 is 0 Å². The van der Waals surface area contributed by atoms with Crippen LogP contribution in [0.25, 0.3) is 0 Å². The molecule has 0 heterocycles. The molecule has 304 valence electrons. The molecule has 0 radical (unpaired) electrons. The van der Waals surface area contributed by atoms with Gasteiger partial charge in [-0.25, -0.2) is 0 Å². The molecule has 0 bridgehead atoms. The first kappa shape index (κ1) is 50.5. The van der Waals surface area contributed by atoms with Gasteiger partial charge in [-0.05, 0) is 78.3 Å². The lowest BCUT2D eigenvalue weighted by atomic mass is 10.1. The molecule has 0 aliphatic rings. The Morgan fingerprint density at radius 1 is 0.490 bits per heavy atom. The molecule has 0 fully saturated rings. The van der Waals surface area contributed by atoms with Gasteiger partial charge in [0.1, 0.15) is 6.10 Å². The van der Waals surface area contributed by atoms with Gasteiger partial charge in [0.25, 0.3) is 0 Å². The van der Waals surface area contributed by atoms with E-state index in [1.54, 1.807) is 6.66 Å². The molecule has 7 heteroatoms. The minimum Gasteiger partial charge on any atom is -0.379 e. The van der Waals surface area contributed by atoms with Gasteiger partial charge in [0.05, 0.1) is 19.8 Å². The number of ether oxygens (including phenoxy) is 2. The first-order valence-electron chi connectivity index (χ1n) is 21.9. The quantitative estimate of drug-likeness (QED) is 0.0353. The fourth-order valence-corrected chi connectivity index (χ4v) is 7.27. The van der Waals surface area contributed by atoms with Crippen LogP contribution in [0.4, 0.5) is 0 Å². The SMILES string of the molecule is CCCCCCCC/C=C\CCCCCCCCOCC(COCCCCCCCC/C=C\CCCCCCCC)OP(C)(=O)OCCN(C)C. The largest absolute Gasteiger partial charge is 0.379 e. The molecule has 6 nitrogen and oxygen atoms in total. The number of rotatable bonds is 42. The van der Waals surface area contributed by atoms with Gasteiger partial charge >= 0.3 is 7.60 Å². The molecule has 0 saturated heterocycles. The lowest BCUT2D eigenvalue weighted by Crippen LogP contribution is -2.26. The molecule has 0 amide bonds. The van der Waals surface area contributed by atoms with Crippen molar-refractivity contribution in [2.45, 2.75) is 200 Å². The molecule has 0 N–H and O–H groups in total. The molecule has 0 aliphatic heterocycles. The fraction of sp³-hybridized carbons (Fsp3) is 0.909. The number of likely N-dealkylation sites (N-methyl/N-ethyl adjacent to an activating group) is 1. The van der Waals surface area contributed by atoms with Crippen LogP contribution in [-0.4, -0.2) is 71.3 Å². The molecule has 51 heavy (non-hydrogen) atoms. The Bertz CT molecular complexity index is 743. The normalized spacial score (nSPS) is 13.5. The molecule has 0 aromatic carbocycles. The topological polar surface area (TPSA) is 57.2 Å². The van der Waals surface area contributed by atoms with Crippen molar-refractivity contribution in [2.24, 2.45) is 0 Å². The zero-order chi connectivity index (χ0) is 37.4. The van der Waals surface area contributed by atoms with Crippen LogP contribution >= 0.6 is 7.60 Å². The highest BCUT2D eigenvalue weighted by Crippen LogP contribution is 2.45. The maximum Gasteiger partial charge on any atom is 0.328 e. The Balaban J connectivity index is 4.01. The number of hydrogen-bond acceptors (Lipinski definition) is 6. The summed E-state index contributed by atoms with van der Waals surface area (Å²) in [6.45, 7) is 9.36. The third kappa shape index (κ3) is 42.1. The minimum absolute atomic E-state index is 0.375. The van der Waals surface area contributed by atoms with Gasteiger partial charge in [-0.2, -0.15) is 0 Å². The van der Waals surface area contributed by atoms with Gasteiger partial charge in [-0.3, -0.25) is 4.57 Å². The maximum absolute atomic E-state index is 13.0. The molecule has 0 saturated carbocycles. The lowest BCUT2D eigenvalue weighted by Gasteiger charge is -2.23. The fourth-order valence-electron chi connectivity index (χ4n) is 6.13. The standard InChI is InChI=1S/C44H88NO5P/c1-6-8-10-12-14-16-18-20-22-24-26-28-30-32-34-36-39-47-42-44(50-51(5,46)49-41-38-45(3)4)43-48-40-37-35-33-31-29-27-25-23-21-19-17-15-13-11-9-7-2/h20-23,44H,6-19,24-43H2,1-5H3/b22-20-,23-21-. The Morgan fingerprint density at radius 2 is 0.824 bits per heavy atom. The van der Waals surface area contributed by atoms with Gasteiger partial charge in [-0.1, -0.05) is 154 Å². The molecule has 0 aliphatic carbocycles. The highest BCUT2D eigenvalue weighted by Gasteiger charge is 2.24. The van der Waals surface area contributed by atoms with Crippen molar-refractivity contribution < 1.29 is 23.1 Å². The van der Waals surface area contributed by atoms with Crippen LogP contribution in [0, 0.1) is 0 Å². The van der Waals surface area contributed by atoms with E-state index in [2.05, 4.69) is 38.2 Å². The monoisotopic (exact) mass is 742 g/mol. The van der Waals surface area contributed by atoms with Crippen LogP contribution in [0.1, 0.15) is 194 Å². The van der Waals surface area contributed by atoms with E-state index < -0.39 is 7.60 Å². The smallest absolute Gasteiger partial charge is 0.328 e. The summed E-state index contributed by atoms with van der Waals surface area (Å²) in [4.78, 5) is 2.01. The molecular formula is C44H88NO5P. The predicted octanol–water partition coefficient (Wildman–Crippen LogP) is 13.9. The van der Waals surface area contributed by atoms with Crippen molar-refractivity contribution in [3.63, 3.8) is 0 Å². The maximum atomic E-state index is 13.0. The Hall–Kier alpha value is -0.490. The molecule has 0 aromatic rings. The minimum atomic E-state index is -3.19. The highest BCUT2D eigenvalue weighted by molar-refractivity contribution is 7.53. The third-order valence-electron chi connectivity index (χ3n) is 9.41. The Morgan fingerprint density at radius 3 is 1.18 bits per heavy atom. The predicted molar refractivity (Wildman–Crippen MR) is 223 cm³/mol. The summed E-state index contributed by atoms with van der Waals surface area (Å²) < 4.78 is 36.5. The van der Waals surface area contributed by atoms with Gasteiger partial charge < -0.3 is 23.4 Å². The average Bonchev–Trinajstić information content (AvgIpc) is 3.10. The van der Waals surface area contributed by atoms with Crippen molar-refractivity contribution in [3.8, 4) is 0 Å². The molecule has 1 unspecified atom stereocenters. The van der Waals surface area contributed by atoms with E-state index in [0.29, 0.717) is 39.6 Å². The molecule has 0 aromatic heterocycles. The van der Waals surface area contributed by atoms with E-state index in [1.165, 1.54) is 167 Å². The Kier molecular flexibility index (Phi) is 40.3. The van der Waals surface area contributed by atoms with Crippen molar-refractivity contribution in [1.82, 2.24) is 4.90 Å². The van der Waals surface area contributed by atoms with Crippen molar-refractivity contribution in [1.29, 1.82) is 0 Å². The summed E-state index contributed by atoms with van der Waals surface area (Å²) in [5.41, 5.74) is 0. The van der Waals surface area contributed by atoms with Crippen LogP contribution < -0.4 is 0 Å². The zero-order valence-electron chi connectivity index (χ0n) is 34.9. The third-order valence-corrected chi connectivity index (χ3v) is 10.7. The van der Waals surface area contributed by atoms with E-state index in [-0.39, 0.29) is 6.10 Å². The van der Waals surface area contributed by atoms with E-state index in [9.17, 15) is 4.57 Å². The number of hydrogen-bond donors (Lipinski definition) is 0. The first-order chi connectivity index (χ1) is 24.9. The van der Waals surface area contributed by atoms with Crippen LogP contribution in [0.5, 0.6) is 0 Å². The summed E-state index contributed by atoms with van der Waals surface area (Å²) in [6.07, 6.45) is 45.5. The molecular weight excluding hydrogens is 653 g/mol. The van der Waals surface area contributed by atoms with Gasteiger partial charge in [-0.15, -0.1) is 0 Å². The van der Waals surface area contributed by atoms with Crippen LogP contribution in [0.15, 0.2) is 24.3 Å². The van der Waals surface area contributed by atoms with Crippen LogP contribution in [0.2, 0.25) is 0 Å². The summed E-state index contributed by atoms with van der Waals surface area (Å²) >= 11 is 0. The average molecular weight is 742 g/mol. The van der Waals surface area contributed by atoms with Crippen molar-refractivity contribution in [2.75, 3.05) is 60.3 Å². The number of nitrogens with zero attached hydrogens (tertiary/aromatic N) is 1. The molecule has 0 rings (SSSR count). The van der Waals surface area contributed by atoms with Crippen molar-refractivity contribution >= 4 is 7.60 Å². The van der Waals surface area contributed by atoms with Gasteiger partial charge in [0.15, 0.2) is 0 Å². The summed E-state index contributed by atoms with van der Waals surface area (Å²) in [5, 5.41) is 0. The van der Waals surface area contributed by atoms with Crippen LogP contribution in [-0.2, 0) is 23.1 Å². The second-order valence-electron chi connectivity index (χ2n) is 15.2. The number of allylic oxidation sites excluding steroid dienone is 4. The highest BCUT2D eigenvalue weighted by atomic mass is 31.2. The van der Waals surface area contributed by atoms with E-state index in [4.69, 9.17) is 18.5 Å². The first-order valence-corrected chi connectivity index (χ1v) is 23.9. The van der Waals surface area contributed by atoms with E-state index in [0.717, 1.165) is 12.8 Å². The summed E-state index contributed by atoms with van der Waals surface area (Å²) in [6, 6.07) is 0. The van der Waals surface area contributed by atoms with Crippen molar-refractivity contribution in [3.05, 3.63) is 24.3 Å². The van der Waals surface area contributed by atoms with Crippen LogP contribution in [0.3, 0.4) is 0 Å². The summed E-state index contributed by atoms with van der Waals surface area (Å²) in [5.74, 6) is 0. The second kappa shape index (κ2) is 40.7. The Labute approximate surface area is 319 Å². The molecule has 1 atom stereocenters. The second-order valence-corrected chi connectivity index (χ2v) is 17.2. The lowest BCUT2D eigenvalue weighted by molar-refractivity contribution is -0.0142. The van der Waals surface area contributed by atoms with E-state index in [1.807, 2.05) is 19.0 Å².